The van der Waals surface area contributed by atoms with Gasteiger partial charge >= 0.3 is 0 Å². The fourth-order valence-corrected chi connectivity index (χ4v) is 3.27. The summed E-state index contributed by atoms with van der Waals surface area (Å²) in [7, 11) is 0. The van der Waals surface area contributed by atoms with Gasteiger partial charge in [0.1, 0.15) is 0 Å². The molecule has 2 N–H and O–H groups in total. The van der Waals surface area contributed by atoms with E-state index in [1.165, 1.54) is 5.56 Å². The number of aromatic nitrogens is 2. The molecule has 3 aromatic rings. The summed E-state index contributed by atoms with van der Waals surface area (Å²) in [6, 6.07) is 16.4. The summed E-state index contributed by atoms with van der Waals surface area (Å²) in [4.78, 5) is 0. The van der Waals surface area contributed by atoms with E-state index in [9.17, 15) is 0 Å². The molecule has 0 aliphatic carbocycles. The van der Waals surface area contributed by atoms with Crippen molar-refractivity contribution < 1.29 is 0 Å². The maximum atomic E-state index is 5.37. The van der Waals surface area contributed by atoms with Gasteiger partial charge in [-0.3, -0.25) is 10.1 Å². The number of hydrogen-bond donors (Lipinski definition) is 2. The van der Waals surface area contributed by atoms with Gasteiger partial charge in [-0.2, -0.15) is 10.2 Å². The number of hydrazone groups is 1. The molecule has 28 heavy (non-hydrogen) atoms. The van der Waals surface area contributed by atoms with Crippen LogP contribution in [0.3, 0.4) is 0 Å². The normalized spacial score (nSPS) is 11.0. The van der Waals surface area contributed by atoms with Crippen molar-refractivity contribution in [1.29, 1.82) is 0 Å². The van der Waals surface area contributed by atoms with Gasteiger partial charge in [0.25, 0.3) is 0 Å². The number of rotatable bonds is 5. The van der Waals surface area contributed by atoms with Crippen molar-refractivity contribution in [2.75, 3.05) is 5.32 Å². The first-order valence-electron chi connectivity index (χ1n) is 9.20. The summed E-state index contributed by atoms with van der Waals surface area (Å²) < 4.78 is 2.00. The van der Waals surface area contributed by atoms with E-state index in [0.717, 1.165) is 40.3 Å². The molecule has 0 saturated carbocycles. The zero-order valence-electron chi connectivity index (χ0n) is 16.7. The van der Waals surface area contributed by atoms with Crippen molar-refractivity contribution in [2.24, 2.45) is 5.10 Å². The van der Waals surface area contributed by atoms with E-state index in [1.54, 1.807) is 6.21 Å². The molecule has 0 amide bonds. The third-order valence-corrected chi connectivity index (χ3v) is 4.89. The van der Waals surface area contributed by atoms with Crippen LogP contribution < -0.4 is 10.7 Å². The maximum Gasteiger partial charge on any atom is 0.191 e. The van der Waals surface area contributed by atoms with Gasteiger partial charge < -0.3 is 5.32 Å². The Labute approximate surface area is 171 Å². The molecule has 0 spiro atoms. The molecule has 1 aromatic heterocycles. The lowest BCUT2D eigenvalue weighted by molar-refractivity contribution is 0.659. The minimum absolute atomic E-state index is 0.459. The zero-order valence-corrected chi connectivity index (χ0v) is 17.5. The minimum Gasteiger partial charge on any atom is -0.331 e. The molecule has 144 valence electrons. The first kappa shape index (κ1) is 19.8. The van der Waals surface area contributed by atoms with Crippen LogP contribution in [-0.2, 0) is 6.54 Å². The predicted molar refractivity (Wildman–Crippen MR) is 120 cm³/mol. The van der Waals surface area contributed by atoms with Crippen molar-refractivity contribution in [3.8, 4) is 0 Å². The first-order chi connectivity index (χ1) is 13.5. The summed E-state index contributed by atoms with van der Waals surface area (Å²) in [5.41, 5.74) is 10.4. The lowest BCUT2D eigenvalue weighted by atomic mass is 10.1. The SMILES string of the molecule is Cc1cccc(C)c1NC(=S)N/N=C\c1c(C)nn(Cc2ccccc2)c1C. The fourth-order valence-electron chi connectivity index (χ4n) is 3.12. The van der Waals surface area contributed by atoms with E-state index < -0.39 is 0 Å². The van der Waals surface area contributed by atoms with Crippen molar-refractivity contribution >= 4 is 29.2 Å². The molecule has 0 unspecified atom stereocenters. The number of aryl methyl sites for hydroxylation is 3. The number of anilines is 1. The summed E-state index contributed by atoms with van der Waals surface area (Å²) in [5.74, 6) is 0. The molecule has 0 aliphatic rings. The lowest BCUT2D eigenvalue weighted by Gasteiger charge is -2.12. The number of nitrogens with one attached hydrogen (secondary N) is 2. The third-order valence-electron chi connectivity index (χ3n) is 4.69. The van der Waals surface area contributed by atoms with E-state index in [1.807, 2.05) is 35.9 Å². The molecule has 0 aliphatic heterocycles. The van der Waals surface area contributed by atoms with Crippen LogP contribution in [0.1, 0.15) is 33.6 Å². The van der Waals surface area contributed by atoms with Crippen molar-refractivity contribution in [3.05, 3.63) is 82.2 Å². The Balaban J connectivity index is 1.66. The summed E-state index contributed by atoms with van der Waals surface area (Å²) >= 11 is 5.37. The van der Waals surface area contributed by atoms with Crippen LogP contribution in [0.5, 0.6) is 0 Å². The Kier molecular flexibility index (Phi) is 6.21. The van der Waals surface area contributed by atoms with Gasteiger partial charge in [-0.25, -0.2) is 0 Å². The largest absolute Gasteiger partial charge is 0.331 e. The second kappa shape index (κ2) is 8.80. The van der Waals surface area contributed by atoms with E-state index >= 15 is 0 Å². The first-order valence-corrected chi connectivity index (χ1v) is 9.60. The number of thiocarbonyl (C=S) groups is 1. The molecular formula is C22H25N5S. The van der Waals surface area contributed by atoms with Crippen LogP contribution in [0.15, 0.2) is 53.6 Å². The van der Waals surface area contributed by atoms with Gasteiger partial charge in [0.05, 0.1) is 18.5 Å². The molecular weight excluding hydrogens is 366 g/mol. The predicted octanol–water partition coefficient (Wildman–Crippen LogP) is 4.49. The van der Waals surface area contributed by atoms with Crippen LogP contribution in [-0.4, -0.2) is 21.1 Å². The Morgan fingerprint density at radius 2 is 1.71 bits per heavy atom. The van der Waals surface area contributed by atoms with E-state index in [0.29, 0.717) is 5.11 Å². The Hall–Kier alpha value is -2.99. The minimum atomic E-state index is 0.459. The van der Waals surface area contributed by atoms with Gasteiger partial charge in [0, 0.05) is 16.9 Å². The highest BCUT2D eigenvalue weighted by Gasteiger charge is 2.10. The zero-order chi connectivity index (χ0) is 20.1. The molecule has 6 heteroatoms. The van der Waals surface area contributed by atoms with E-state index in [2.05, 4.69) is 66.0 Å². The fraction of sp³-hybridized carbons (Fsp3) is 0.227. The van der Waals surface area contributed by atoms with Crippen LogP contribution >= 0.6 is 12.2 Å². The Bertz CT molecular complexity index is 985. The van der Waals surface area contributed by atoms with Crippen molar-refractivity contribution in [1.82, 2.24) is 15.2 Å². The van der Waals surface area contributed by atoms with Crippen molar-refractivity contribution in [2.45, 2.75) is 34.2 Å². The Morgan fingerprint density at radius 1 is 1.04 bits per heavy atom. The Morgan fingerprint density at radius 3 is 2.39 bits per heavy atom. The lowest BCUT2D eigenvalue weighted by Crippen LogP contribution is -2.24. The molecule has 0 saturated heterocycles. The molecule has 0 fully saturated rings. The number of hydrogen-bond acceptors (Lipinski definition) is 3. The van der Waals surface area contributed by atoms with Crippen LogP contribution in [0.4, 0.5) is 5.69 Å². The molecule has 5 nitrogen and oxygen atoms in total. The van der Waals surface area contributed by atoms with Gasteiger partial charge in [0.2, 0.25) is 0 Å². The van der Waals surface area contributed by atoms with Crippen molar-refractivity contribution in [3.63, 3.8) is 0 Å². The second-order valence-electron chi connectivity index (χ2n) is 6.82. The second-order valence-corrected chi connectivity index (χ2v) is 7.23. The van der Waals surface area contributed by atoms with Gasteiger partial charge in [-0.15, -0.1) is 0 Å². The molecule has 1 heterocycles. The van der Waals surface area contributed by atoms with E-state index in [4.69, 9.17) is 12.2 Å². The number of nitrogens with zero attached hydrogens (tertiary/aromatic N) is 3. The third kappa shape index (κ3) is 4.64. The van der Waals surface area contributed by atoms with E-state index in [-0.39, 0.29) is 0 Å². The molecule has 0 atom stereocenters. The van der Waals surface area contributed by atoms with Crippen LogP contribution in [0.2, 0.25) is 0 Å². The monoisotopic (exact) mass is 391 g/mol. The topological polar surface area (TPSA) is 54.2 Å². The molecule has 2 aromatic carbocycles. The van der Waals surface area contributed by atoms with Gasteiger partial charge in [-0.1, -0.05) is 48.5 Å². The highest BCUT2D eigenvalue weighted by Crippen LogP contribution is 2.19. The highest BCUT2D eigenvalue weighted by molar-refractivity contribution is 7.80. The summed E-state index contributed by atoms with van der Waals surface area (Å²) in [6.07, 6.45) is 1.78. The van der Waals surface area contributed by atoms with Crippen LogP contribution in [0.25, 0.3) is 0 Å². The summed E-state index contributed by atoms with van der Waals surface area (Å²) in [5, 5.41) is 12.6. The maximum absolute atomic E-state index is 5.37. The van der Waals surface area contributed by atoms with Gasteiger partial charge in [-0.05, 0) is 56.6 Å². The van der Waals surface area contributed by atoms with Crippen LogP contribution in [0, 0.1) is 27.7 Å². The standard InChI is InChI=1S/C22H25N5S/c1-15-9-8-10-16(2)21(15)24-22(28)25-23-13-20-17(3)26-27(18(20)4)14-19-11-6-5-7-12-19/h5-13H,14H2,1-4H3,(H2,24,25,28)/b23-13-. The van der Waals surface area contributed by atoms with Gasteiger partial charge in [0.15, 0.2) is 5.11 Å². The number of para-hydroxylation sites is 1. The quantitative estimate of drug-likeness (QED) is 0.382. The molecule has 0 radical (unpaired) electrons. The summed E-state index contributed by atoms with van der Waals surface area (Å²) in [6.45, 7) is 8.88. The molecule has 0 bridgehead atoms. The smallest absolute Gasteiger partial charge is 0.191 e. The average molecular weight is 392 g/mol. The number of benzene rings is 2. The average Bonchev–Trinajstić information content (AvgIpc) is 2.93. The highest BCUT2D eigenvalue weighted by atomic mass is 32.1. The molecule has 3 rings (SSSR count).